The standard InChI is InChI=1S/C20H20F3N3O3S/c1-2-3-12-29-16-8-6-15(7-9-16)26-13-18(20(21,22)23)25-19(26)14-4-10-17(11-5-14)30(24,27)28/h4-11,13H,2-3,12H2,1H3,(H2,24,27,28). The summed E-state index contributed by atoms with van der Waals surface area (Å²) in [6.45, 7) is 2.60. The maximum absolute atomic E-state index is 13.3. The highest BCUT2D eigenvalue weighted by Crippen LogP contribution is 2.33. The van der Waals surface area contributed by atoms with E-state index >= 15 is 0 Å². The van der Waals surface area contributed by atoms with Crippen molar-refractivity contribution in [3.05, 3.63) is 60.4 Å². The van der Waals surface area contributed by atoms with Gasteiger partial charge in [0, 0.05) is 17.4 Å². The molecule has 0 aliphatic rings. The van der Waals surface area contributed by atoms with Crippen molar-refractivity contribution in [1.82, 2.24) is 9.55 Å². The molecule has 0 saturated carbocycles. The zero-order valence-corrected chi connectivity index (χ0v) is 16.9. The quantitative estimate of drug-likeness (QED) is 0.554. The van der Waals surface area contributed by atoms with Crippen molar-refractivity contribution in [2.75, 3.05) is 6.61 Å². The summed E-state index contributed by atoms with van der Waals surface area (Å²) in [6.07, 6.45) is -1.85. The number of halogens is 3. The van der Waals surface area contributed by atoms with E-state index in [0.717, 1.165) is 19.0 Å². The summed E-state index contributed by atoms with van der Waals surface area (Å²) >= 11 is 0. The van der Waals surface area contributed by atoms with Crippen molar-refractivity contribution >= 4 is 10.0 Å². The van der Waals surface area contributed by atoms with E-state index in [9.17, 15) is 21.6 Å². The lowest BCUT2D eigenvalue weighted by atomic mass is 10.2. The minimum absolute atomic E-state index is 0.0166. The van der Waals surface area contributed by atoms with E-state index in [1.165, 1.54) is 28.8 Å². The third-order valence-electron chi connectivity index (χ3n) is 4.32. The minimum atomic E-state index is -4.64. The number of ether oxygens (including phenoxy) is 1. The number of unbranched alkanes of at least 4 members (excludes halogenated alkanes) is 1. The monoisotopic (exact) mass is 439 g/mol. The fourth-order valence-electron chi connectivity index (χ4n) is 2.75. The Hall–Kier alpha value is -2.85. The van der Waals surface area contributed by atoms with Crippen LogP contribution in [-0.4, -0.2) is 24.6 Å². The van der Waals surface area contributed by atoms with E-state index in [4.69, 9.17) is 9.88 Å². The van der Waals surface area contributed by atoms with Gasteiger partial charge >= 0.3 is 6.18 Å². The molecule has 2 aromatic carbocycles. The van der Waals surface area contributed by atoms with E-state index in [1.54, 1.807) is 24.3 Å². The zero-order valence-electron chi connectivity index (χ0n) is 16.1. The smallest absolute Gasteiger partial charge is 0.434 e. The Labute approximate surface area is 172 Å². The Balaban J connectivity index is 2.01. The average molecular weight is 439 g/mol. The van der Waals surface area contributed by atoms with Crippen molar-refractivity contribution in [1.29, 1.82) is 0 Å². The molecule has 10 heteroatoms. The van der Waals surface area contributed by atoms with Crippen LogP contribution in [0.25, 0.3) is 17.1 Å². The van der Waals surface area contributed by atoms with Crippen LogP contribution >= 0.6 is 0 Å². The van der Waals surface area contributed by atoms with Crippen LogP contribution in [0.5, 0.6) is 5.75 Å². The fraction of sp³-hybridized carbons (Fsp3) is 0.250. The largest absolute Gasteiger partial charge is 0.494 e. The Bertz CT molecular complexity index is 1110. The zero-order chi connectivity index (χ0) is 21.9. The van der Waals surface area contributed by atoms with E-state index in [2.05, 4.69) is 4.98 Å². The van der Waals surface area contributed by atoms with Crippen molar-refractivity contribution < 1.29 is 26.3 Å². The molecule has 1 aromatic heterocycles. The summed E-state index contributed by atoms with van der Waals surface area (Å²) in [5.41, 5.74) is -0.302. The average Bonchev–Trinajstić information content (AvgIpc) is 3.14. The molecule has 160 valence electrons. The number of rotatable bonds is 7. The molecule has 3 aromatic rings. The minimum Gasteiger partial charge on any atom is -0.494 e. The molecule has 1 heterocycles. The van der Waals surface area contributed by atoms with Gasteiger partial charge in [-0.25, -0.2) is 18.5 Å². The van der Waals surface area contributed by atoms with Crippen LogP contribution in [0.15, 0.2) is 59.6 Å². The molecule has 3 rings (SSSR count). The summed E-state index contributed by atoms with van der Waals surface area (Å²) in [6, 6.07) is 11.8. The van der Waals surface area contributed by atoms with Crippen LogP contribution in [0, 0.1) is 0 Å². The van der Waals surface area contributed by atoms with Crippen molar-refractivity contribution in [3.63, 3.8) is 0 Å². The Morgan fingerprint density at radius 3 is 2.23 bits per heavy atom. The number of primary sulfonamides is 1. The molecule has 0 aliphatic heterocycles. The first-order valence-electron chi connectivity index (χ1n) is 9.12. The predicted octanol–water partition coefficient (Wildman–Crippen LogP) is 4.38. The molecule has 30 heavy (non-hydrogen) atoms. The lowest BCUT2D eigenvalue weighted by Gasteiger charge is -2.10. The van der Waals surface area contributed by atoms with Gasteiger partial charge in [0.2, 0.25) is 10.0 Å². The van der Waals surface area contributed by atoms with Crippen LogP contribution in [0.2, 0.25) is 0 Å². The molecule has 0 atom stereocenters. The normalized spacial score (nSPS) is 12.2. The van der Waals surface area contributed by atoms with Gasteiger partial charge in [-0.05, 0) is 55.0 Å². The maximum Gasteiger partial charge on any atom is 0.434 e. The number of imidazole rings is 1. The topological polar surface area (TPSA) is 87.2 Å². The second-order valence-electron chi connectivity index (χ2n) is 6.58. The van der Waals surface area contributed by atoms with E-state index < -0.39 is 21.9 Å². The molecule has 0 spiro atoms. The van der Waals surface area contributed by atoms with E-state index in [-0.39, 0.29) is 10.7 Å². The molecule has 0 radical (unpaired) electrons. The predicted molar refractivity (Wildman–Crippen MR) is 106 cm³/mol. The SMILES string of the molecule is CCCCOc1ccc(-n2cc(C(F)(F)F)nc2-c2ccc(S(N)(=O)=O)cc2)cc1. The van der Waals surface area contributed by atoms with Gasteiger partial charge in [-0.3, -0.25) is 4.57 Å². The third-order valence-corrected chi connectivity index (χ3v) is 5.25. The highest BCUT2D eigenvalue weighted by Gasteiger charge is 2.35. The molecule has 2 N–H and O–H groups in total. The number of nitrogens with two attached hydrogens (primary N) is 1. The highest BCUT2D eigenvalue weighted by molar-refractivity contribution is 7.89. The number of sulfonamides is 1. The first-order valence-corrected chi connectivity index (χ1v) is 10.7. The third kappa shape index (κ3) is 5.00. The summed E-state index contributed by atoms with van der Waals surface area (Å²) in [4.78, 5) is 3.58. The molecule has 0 saturated heterocycles. The van der Waals surface area contributed by atoms with Crippen LogP contribution in [0.3, 0.4) is 0 Å². The molecule has 0 bridgehead atoms. The number of alkyl halides is 3. The lowest BCUT2D eigenvalue weighted by molar-refractivity contribution is -0.140. The second kappa shape index (κ2) is 8.49. The van der Waals surface area contributed by atoms with Gasteiger partial charge in [-0.1, -0.05) is 13.3 Å². The van der Waals surface area contributed by atoms with Gasteiger partial charge in [-0.2, -0.15) is 13.2 Å². The van der Waals surface area contributed by atoms with Gasteiger partial charge in [0.25, 0.3) is 0 Å². The van der Waals surface area contributed by atoms with Gasteiger partial charge in [0.15, 0.2) is 5.69 Å². The molecule has 0 aliphatic carbocycles. The van der Waals surface area contributed by atoms with Crippen molar-refractivity contribution in [2.45, 2.75) is 30.8 Å². The Morgan fingerprint density at radius 1 is 1.07 bits per heavy atom. The molecule has 0 amide bonds. The summed E-state index contributed by atoms with van der Waals surface area (Å²) in [7, 11) is -3.92. The summed E-state index contributed by atoms with van der Waals surface area (Å²) in [5, 5.41) is 5.08. The van der Waals surface area contributed by atoms with Gasteiger partial charge in [0.05, 0.1) is 11.5 Å². The van der Waals surface area contributed by atoms with Gasteiger partial charge in [0.1, 0.15) is 11.6 Å². The molecular formula is C20H20F3N3O3S. The van der Waals surface area contributed by atoms with Crippen molar-refractivity contribution in [2.24, 2.45) is 5.14 Å². The summed E-state index contributed by atoms with van der Waals surface area (Å²) < 4.78 is 69.6. The van der Waals surface area contributed by atoms with Crippen molar-refractivity contribution in [3.8, 4) is 22.8 Å². The van der Waals surface area contributed by atoms with Crippen LogP contribution < -0.4 is 9.88 Å². The van der Waals surface area contributed by atoms with Gasteiger partial charge < -0.3 is 4.74 Å². The number of benzene rings is 2. The first-order chi connectivity index (χ1) is 14.1. The molecule has 0 fully saturated rings. The number of nitrogens with zero attached hydrogens (tertiary/aromatic N) is 2. The Kier molecular flexibility index (Phi) is 6.18. The van der Waals surface area contributed by atoms with E-state index in [0.29, 0.717) is 23.6 Å². The van der Waals surface area contributed by atoms with E-state index in [1.807, 2.05) is 6.92 Å². The highest BCUT2D eigenvalue weighted by atomic mass is 32.2. The molecule has 6 nitrogen and oxygen atoms in total. The van der Waals surface area contributed by atoms with Crippen LogP contribution in [0.4, 0.5) is 13.2 Å². The number of hydrogen-bond acceptors (Lipinski definition) is 4. The lowest BCUT2D eigenvalue weighted by Crippen LogP contribution is -2.11. The molecular weight excluding hydrogens is 419 g/mol. The summed E-state index contributed by atoms with van der Waals surface area (Å²) in [5.74, 6) is 0.630. The fourth-order valence-corrected chi connectivity index (χ4v) is 3.26. The Morgan fingerprint density at radius 2 is 1.70 bits per heavy atom. The van der Waals surface area contributed by atoms with Crippen LogP contribution in [0.1, 0.15) is 25.5 Å². The number of hydrogen-bond donors (Lipinski definition) is 1. The first kappa shape index (κ1) is 21.8. The number of aromatic nitrogens is 2. The second-order valence-corrected chi connectivity index (χ2v) is 8.14. The van der Waals surface area contributed by atoms with Crippen LogP contribution in [-0.2, 0) is 16.2 Å². The molecule has 0 unspecified atom stereocenters. The van der Waals surface area contributed by atoms with Gasteiger partial charge in [-0.15, -0.1) is 0 Å². The maximum atomic E-state index is 13.3.